The predicted octanol–water partition coefficient (Wildman–Crippen LogP) is 3.56. The summed E-state index contributed by atoms with van der Waals surface area (Å²) in [6.45, 7) is 2.14. The Hall–Kier alpha value is -1.27. The third-order valence-corrected chi connectivity index (χ3v) is 6.09. The summed E-state index contributed by atoms with van der Waals surface area (Å²) in [6, 6.07) is 2.12. The number of nitrogens with one attached hydrogen (secondary N) is 2. The molecule has 6 heteroatoms. The zero-order chi connectivity index (χ0) is 14.6. The molecular weight excluding hydrogens is 348 g/mol. The van der Waals surface area contributed by atoms with Crippen LogP contribution in [0.4, 0.5) is 0 Å². The third-order valence-electron chi connectivity index (χ3n) is 4.13. The number of hydrogen-bond acceptors (Lipinski definition) is 4. The van der Waals surface area contributed by atoms with Crippen molar-refractivity contribution in [3.05, 3.63) is 44.1 Å². The quantitative estimate of drug-likeness (QED) is 0.858. The highest BCUT2D eigenvalue weighted by atomic mass is 79.9. The van der Waals surface area contributed by atoms with Crippen molar-refractivity contribution in [2.75, 3.05) is 0 Å². The summed E-state index contributed by atoms with van der Waals surface area (Å²) in [4.78, 5) is 10.4. The molecular formula is C15H15BrN4S. The van der Waals surface area contributed by atoms with Gasteiger partial charge in [-0.25, -0.2) is 9.97 Å². The smallest absolute Gasteiger partial charge is 0.131 e. The molecule has 0 bridgehead atoms. The maximum atomic E-state index is 8.28. The first kappa shape index (κ1) is 13.4. The van der Waals surface area contributed by atoms with E-state index < -0.39 is 0 Å². The number of hydrogen-bond donors (Lipinski definition) is 2. The van der Waals surface area contributed by atoms with E-state index in [0.29, 0.717) is 11.8 Å². The molecule has 4 rings (SSSR count). The molecule has 2 aromatic heterocycles. The summed E-state index contributed by atoms with van der Waals surface area (Å²) in [6.07, 6.45) is 5.00. The molecule has 21 heavy (non-hydrogen) atoms. The summed E-state index contributed by atoms with van der Waals surface area (Å²) in [5.41, 5.74) is 1.57. The Balaban J connectivity index is 1.75. The molecule has 0 spiro atoms. The maximum Gasteiger partial charge on any atom is 0.131 e. The van der Waals surface area contributed by atoms with Crippen LogP contribution >= 0.6 is 27.3 Å². The summed E-state index contributed by atoms with van der Waals surface area (Å²) in [7, 11) is 0. The van der Waals surface area contributed by atoms with Crippen molar-refractivity contribution in [1.29, 1.82) is 5.41 Å². The van der Waals surface area contributed by atoms with Gasteiger partial charge in [0.05, 0.1) is 16.8 Å². The van der Waals surface area contributed by atoms with Gasteiger partial charge in [-0.3, -0.25) is 5.41 Å². The molecule has 1 atom stereocenters. The molecule has 1 fully saturated rings. The fourth-order valence-electron chi connectivity index (χ4n) is 2.79. The maximum absolute atomic E-state index is 8.28. The number of rotatable bonds is 2. The molecule has 0 saturated heterocycles. The highest BCUT2D eigenvalue weighted by Gasteiger charge is 2.37. The standard InChI is InChI=1S/C15H15BrN4S/c1-15(12-4-9(16)7-21-12)5-11-10(13(17)20-15)6-18-14(19-11)8-2-3-8/h4,6-8H,2-3,5H2,1H3,(H2,17,20)/t15-/m0/s1. The van der Waals surface area contributed by atoms with E-state index in [0.717, 1.165) is 28.0 Å². The zero-order valence-corrected chi connectivity index (χ0v) is 14.0. The lowest BCUT2D eigenvalue weighted by Gasteiger charge is -2.35. The van der Waals surface area contributed by atoms with Crippen molar-refractivity contribution in [2.24, 2.45) is 0 Å². The average Bonchev–Trinajstić information content (AvgIpc) is 3.19. The van der Waals surface area contributed by atoms with Gasteiger partial charge in [-0.1, -0.05) is 0 Å². The van der Waals surface area contributed by atoms with E-state index in [-0.39, 0.29) is 5.54 Å². The molecule has 108 valence electrons. The van der Waals surface area contributed by atoms with Gasteiger partial charge in [0.2, 0.25) is 0 Å². The number of amidine groups is 1. The summed E-state index contributed by atoms with van der Waals surface area (Å²) >= 11 is 5.22. The highest BCUT2D eigenvalue weighted by Crippen LogP contribution is 2.40. The minimum absolute atomic E-state index is 0.268. The molecule has 0 aromatic carbocycles. The van der Waals surface area contributed by atoms with Crippen LogP contribution in [0, 0.1) is 5.41 Å². The second-order valence-electron chi connectivity index (χ2n) is 6.00. The van der Waals surface area contributed by atoms with Crippen LogP contribution in [0.3, 0.4) is 0 Å². The van der Waals surface area contributed by atoms with Crippen molar-refractivity contribution >= 4 is 33.1 Å². The summed E-state index contributed by atoms with van der Waals surface area (Å²) < 4.78 is 1.09. The van der Waals surface area contributed by atoms with Crippen molar-refractivity contribution < 1.29 is 0 Å². The van der Waals surface area contributed by atoms with E-state index in [9.17, 15) is 0 Å². The van der Waals surface area contributed by atoms with Gasteiger partial charge in [-0.2, -0.15) is 0 Å². The lowest BCUT2D eigenvalue weighted by Crippen LogP contribution is -2.49. The van der Waals surface area contributed by atoms with E-state index in [1.54, 1.807) is 11.3 Å². The van der Waals surface area contributed by atoms with Crippen LogP contribution in [0.5, 0.6) is 0 Å². The first-order chi connectivity index (χ1) is 10.0. The van der Waals surface area contributed by atoms with Crippen LogP contribution in [0.1, 0.15) is 47.6 Å². The number of thiophene rings is 1. The first-order valence-electron chi connectivity index (χ1n) is 7.02. The summed E-state index contributed by atoms with van der Waals surface area (Å²) in [5.74, 6) is 1.92. The summed E-state index contributed by atoms with van der Waals surface area (Å²) in [5, 5.41) is 13.7. The minimum Gasteiger partial charge on any atom is -0.359 e. The molecule has 0 amide bonds. The lowest BCUT2D eigenvalue weighted by atomic mass is 9.87. The van der Waals surface area contributed by atoms with Crippen molar-refractivity contribution in [1.82, 2.24) is 15.3 Å². The molecule has 0 unspecified atom stereocenters. The Morgan fingerprint density at radius 3 is 2.95 bits per heavy atom. The fourth-order valence-corrected chi connectivity index (χ4v) is 4.33. The number of nitrogens with zero attached hydrogens (tertiary/aromatic N) is 2. The van der Waals surface area contributed by atoms with Crippen molar-refractivity contribution in [3.63, 3.8) is 0 Å². The molecule has 2 aliphatic rings. The SMILES string of the molecule is C[C@@]1(c2cc(Br)cs2)Cc2nc(C3CC3)ncc2C(=N)N1. The van der Waals surface area contributed by atoms with Gasteiger partial charge >= 0.3 is 0 Å². The van der Waals surface area contributed by atoms with Gasteiger partial charge in [-0.05, 0) is 41.8 Å². The number of aromatic nitrogens is 2. The predicted molar refractivity (Wildman–Crippen MR) is 87.0 cm³/mol. The Kier molecular flexibility index (Phi) is 2.94. The topological polar surface area (TPSA) is 61.7 Å². The van der Waals surface area contributed by atoms with E-state index >= 15 is 0 Å². The van der Waals surface area contributed by atoms with Crippen LogP contribution < -0.4 is 5.32 Å². The molecule has 1 saturated carbocycles. The molecule has 0 radical (unpaired) electrons. The van der Waals surface area contributed by atoms with Gasteiger partial charge in [0.15, 0.2) is 0 Å². The second-order valence-corrected chi connectivity index (χ2v) is 7.83. The lowest BCUT2D eigenvalue weighted by molar-refractivity contribution is 0.423. The first-order valence-corrected chi connectivity index (χ1v) is 8.70. The molecule has 4 nitrogen and oxygen atoms in total. The van der Waals surface area contributed by atoms with Crippen molar-refractivity contribution in [3.8, 4) is 0 Å². The van der Waals surface area contributed by atoms with E-state index in [1.165, 1.54) is 17.7 Å². The molecule has 2 aromatic rings. The van der Waals surface area contributed by atoms with Crippen LogP contribution in [-0.4, -0.2) is 15.8 Å². The largest absolute Gasteiger partial charge is 0.359 e. The van der Waals surface area contributed by atoms with Crippen LogP contribution in [0.2, 0.25) is 0 Å². The molecule has 2 N–H and O–H groups in total. The van der Waals surface area contributed by atoms with E-state index in [4.69, 9.17) is 10.4 Å². The Labute approximate surface area is 135 Å². The Morgan fingerprint density at radius 1 is 1.48 bits per heavy atom. The molecule has 3 heterocycles. The normalized spacial score (nSPS) is 24.6. The van der Waals surface area contributed by atoms with Gasteiger partial charge in [0.25, 0.3) is 0 Å². The average molecular weight is 363 g/mol. The molecule has 1 aliphatic heterocycles. The highest BCUT2D eigenvalue weighted by molar-refractivity contribution is 9.10. The minimum atomic E-state index is -0.268. The zero-order valence-electron chi connectivity index (χ0n) is 11.6. The van der Waals surface area contributed by atoms with Gasteiger partial charge in [0.1, 0.15) is 11.7 Å². The fraction of sp³-hybridized carbons (Fsp3) is 0.400. The molecule has 1 aliphatic carbocycles. The van der Waals surface area contributed by atoms with Crippen molar-refractivity contribution in [2.45, 2.75) is 37.6 Å². The Bertz CT molecular complexity index is 737. The van der Waals surface area contributed by atoms with Crippen LogP contribution in [-0.2, 0) is 12.0 Å². The van der Waals surface area contributed by atoms with Crippen LogP contribution in [0.15, 0.2) is 22.1 Å². The van der Waals surface area contributed by atoms with Gasteiger partial charge < -0.3 is 5.32 Å². The number of fused-ring (bicyclic) bond motifs is 1. The van der Waals surface area contributed by atoms with E-state index in [1.807, 2.05) is 6.20 Å². The van der Waals surface area contributed by atoms with Gasteiger partial charge in [-0.15, -0.1) is 11.3 Å². The van der Waals surface area contributed by atoms with Gasteiger partial charge in [0, 0.05) is 33.3 Å². The van der Waals surface area contributed by atoms with Crippen LogP contribution in [0.25, 0.3) is 0 Å². The second kappa shape index (κ2) is 4.61. The van der Waals surface area contributed by atoms with E-state index in [2.05, 4.69) is 44.6 Å². The monoisotopic (exact) mass is 362 g/mol. The third kappa shape index (κ3) is 2.30. The Morgan fingerprint density at radius 2 is 2.29 bits per heavy atom. The number of halogens is 1.